The average Bonchev–Trinajstić information content (AvgIpc) is 1.57. The Labute approximate surface area is 924 Å². The lowest BCUT2D eigenvalue weighted by Crippen LogP contribution is -2.52. The molecule has 20 rings (SSSR count). The van der Waals surface area contributed by atoms with Crippen LogP contribution in [-0.4, -0.2) is 218 Å². The van der Waals surface area contributed by atoms with E-state index in [1.54, 1.807) is 44.7 Å². The first-order chi connectivity index (χ1) is 69.0. The van der Waals surface area contributed by atoms with Gasteiger partial charge < -0.3 is 29.4 Å². The first-order valence-corrected chi connectivity index (χ1v) is 56.8. The molecule has 25 nitrogen and oxygen atoms in total. The summed E-state index contributed by atoms with van der Waals surface area (Å²) in [6.45, 7) is 15.7. The van der Waals surface area contributed by atoms with Crippen LogP contribution in [0.25, 0.3) is 0 Å². The lowest BCUT2D eigenvalue weighted by Gasteiger charge is -2.39. The first-order valence-electron chi connectivity index (χ1n) is 49.4. The summed E-state index contributed by atoms with van der Waals surface area (Å²) in [7, 11) is 3.94. The molecule has 6 fully saturated rings. The van der Waals surface area contributed by atoms with Crippen LogP contribution in [0.1, 0.15) is 190 Å². The average molecular weight is 2510 g/mol. The molecule has 4 aromatic carbocycles. The quantitative estimate of drug-likeness (QED) is 0.0659. The van der Waals surface area contributed by atoms with Crippen LogP contribution in [0.15, 0.2) is 178 Å². The minimum Gasteiger partial charge on any atom is -0.343 e. The molecule has 6 aromatic heterocycles. The highest BCUT2D eigenvalue weighted by atomic mass is 79.9. The van der Waals surface area contributed by atoms with Gasteiger partial charge in [-0.05, 0) is 294 Å². The van der Waals surface area contributed by atoms with E-state index in [-0.39, 0.29) is 59.5 Å². The van der Waals surface area contributed by atoms with Crippen LogP contribution in [0.4, 0.5) is 0 Å². The van der Waals surface area contributed by atoms with E-state index >= 15 is 0 Å². The van der Waals surface area contributed by atoms with Gasteiger partial charge in [0.25, 0.3) is 17.1 Å². The Morgan fingerprint density at radius 3 is 0.931 bits per heavy atom. The van der Waals surface area contributed by atoms with Crippen molar-refractivity contribution in [3.05, 3.63) is 304 Å². The molecule has 12 heterocycles. The van der Waals surface area contributed by atoms with Gasteiger partial charge in [0.05, 0.1) is 36.7 Å². The zero-order chi connectivity index (χ0) is 102. The molecule has 4 atom stereocenters. The summed E-state index contributed by atoms with van der Waals surface area (Å²) in [6, 6.07) is 31.5. The summed E-state index contributed by atoms with van der Waals surface area (Å²) in [5.41, 5.74) is 19.0. The highest BCUT2D eigenvalue weighted by molar-refractivity contribution is 9.11. The maximum atomic E-state index is 13.2. The Balaban J connectivity index is 0.000000132. The van der Waals surface area contributed by atoms with Crippen LogP contribution < -0.4 is 28.1 Å². The molecule has 0 saturated carbocycles. The van der Waals surface area contributed by atoms with Crippen molar-refractivity contribution in [3.63, 3.8) is 0 Å². The molecule has 0 radical (unpaired) electrons. The second kappa shape index (κ2) is 47.8. The number of aryl methyl sites for hydroxylation is 10. The van der Waals surface area contributed by atoms with E-state index in [4.69, 9.17) is 58.0 Å². The number of piperazine rings is 3. The monoisotopic (exact) mass is 2500 g/mol. The summed E-state index contributed by atoms with van der Waals surface area (Å²) >= 11 is 57.9. The van der Waals surface area contributed by atoms with Crippen molar-refractivity contribution in [2.75, 3.05) is 118 Å². The van der Waals surface area contributed by atoms with Crippen molar-refractivity contribution in [3.8, 4) is 0 Å². The van der Waals surface area contributed by atoms with Crippen LogP contribution in [0.3, 0.4) is 0 Å². The SMILES string of the molecule is CC(=O)N1CCC(CC(=O)N2CCN(C3c4c(Br)cc(Cl)cc4CCc4cc(Br)c[n+](O)c43)CC2)CC1.CC(=O)N1CCC(CC(=O)N2CCN(C3c4c(Br)cc(Cl)cc4CCc4cc(Br)c[n+](O)c43)CC2)CC1.C[n+]1ccc(CC(=O)N2CCC(C3c4c(Br)cc(Cl)cc4CCc4cc(Br)c[n+](O)c43)CC2)cc1.C[n+]1ccc(CC(=O)N2CCN(C3c4c(Cl)cc(Cl)cc4CCc4cc(Br)c[n+](O)c43)CC2)cc1. The van der Waals surface area contributed by atoms with Crippen LogP contribution in [0.2, 0.25) is 25.1 Å². The Bertz CT molecular complexity index is 5890. The summed E-state index contributed by atoms with van der Waals surface area (Å²) in [5.74, 6) is 1.94. The number of piperidine rings is 3. The van der Waals surface area contributed by atoms with Crippen LogP contribution in [-0.2, 0) is 107 Å². The van der Waals surface area contributed by atoms with Gasteiger partial charge >= 0.3 is 0 Å². The molecule has 4 N–H and O–H groups in total. The van der Waals surface area contributed by atoms with Gasteiger partial charge in [-0.2, -0.15) is 0 Å². The first kappa shape index (κ1) is 108. The normalized spacial score (nSPS) is 19.5. The highest BCUT2D eigenvalue weighted by Gasteiger charge is 2.48. The van der Waals surface area contributed by atoms with E-state index in [1.807, 2.05) is 138 Å². The lowest BCUT2D eigenvalue weighted by molar-refractivity contribution is -0.911. The second-order valence-corrected chi connectivity index (χ2v) is 47.9. The van der Waals surface area contributed by atoms with E-state index in [9.17, 15) is 49.6 Å². The minimum atomic E-state index is -0.239. The van der Waals surface area contributed by atoms with Gasteiger partial charge in [0.2, 0.25) is 65.9 Å². The van der Waals surface area contributed by atoms with Gasteiger partial charge in [0, 0.05) is 254 Å². The third-order valence-electron chi connectivity index (χ3n) is 30.4. The Morgan fingerprint density at radius 2 is 0.590 bits per heavy atom. The lowest BCUT2D eigenvalue weighted by atomic mass is 9.76. The number of halogens is 12. The van der Waals surface area contributed by atoms with Gasteiger partial charge in [-0.25, -0.2) is 9.13 Å². The smallest absolute Gasteiger partial charge is 0.258 e. The summed E-state index contributed by atoms with van der Waals surface area (Å²) in [4.78, 5) is 94.2. The van der Waals surface area contributed by atoms with Gasteiger partial charge in [0.15, 0.2) is 24.8 Å². The molecule has 6 saturated heterocycles. The fraction of sp³-hybridized carbons (Fsp3) is 0.439. The number of amides is 6. The zero-order valence-electron chi connectivity index (χ0n) is 80.8. The highest BCUT2D eigenvalue weighted by Crippen LogP contribution is 2.49. The van der Waals surface area contributed by atoms with E-state index in [2.05, 4.69) is 157 Å². The van der Waals surface area contributed by atoms with Crippen molar-refractivity contribution in [1.29, 1.82) is 0 Å². The largest absolute Gasteiger partial charge is 0.343 e. The molecule has 0 spiro atoms. The molecule has 4 aliphatic carbocycles. The number of carbonyl (C=O) groups excluding carboxylic acids is 6. The molecular weight excluding hydrogens is 2390 g/mol. The fourth-order valence-electron chi connectivity index (χ4n) is 23.0. The predicted molar refractivity (Wildman–Crippen MR) is 573 cm³/mol. The number of carbonyl (C=O) groups is 6. The molecule has 4 unspecified atom stereocenters. The number of hydrogen-bond donors (Lipinski definition) is 4. The fourth-order valence-corrected chi connectivity index (χ4v) is 28.8. The molecule has 37 heteroatoms. The predicted octanol–water partition coefficient (Wildman–Crippen LogP) is 17.3. The van der Waals surface area contributed by atoms with Crippen LogP contribution >= 0.6 is 170 Å². The number of benzene rings is 4. The number of rotatable bonds is 12. The molecule has 10 aliphatic rings. The minimum absolute atomic E-state index is 0.0126. The second-order valence-electron chi connectivity index (χ2n) is 39.6. The Morgan fingerprint density at radius 1 is 0.319 bits per heavy atom. The summed E-state index contributed by atoms with van der Waals surface area (Å²) in [6.07, 6.45) is 28.4. The van der Waals surface area contributed by atoms with E-state index < -0.39 is 0 Å². The van der Waals surface area contributed by atoms with E-state index in [1.165, 1.54) is 41.2 Å². The third kappa shape index (κ3) is 25.2. The molecular formula is C107H119Br7Cl5N15O10+6. The van der Waals surface area contributed by atoms with Crippen molar-refractivity contribution in [2.24, 2.45) is 31.8 Å². The third-order valence-corrected chi connectivity index (χ3v) is 35.3. The summed E-state index contributed by atoms with van der Waals surface area (Å²) in [5, 5.41) is 47.4. The number of hydrogen-bond acceptors (Lipinski definition) is 13. The molecule has 6 aliphatic heterocycles. The maximum absolute atomic E-state index is 13.2. The number of fused-ring (bicyclic) bond motifs is 8. The van der Waals surface area contributed by atoms with Crippen molar-refractivity contribution in [1.82, 2.24) is 44.1 Å². The molecule has 760 valence electrons. The molecule has 6 amide bonds. The van der Waals surface area contributed by atoms with E-state index in [0.717, 1.165) is 239 Å². The molecule has 0 bridgehead atoms. The number of likely N-dealkylation sites (tertiary alicyclic amines) is 3. The van der Waals surface area contributed by atoms with Crippen molar-refractivity contribution >= 4 is 205 Å². The zero-order valence-corrected chi connectivity index (χ0v) is 95.7. The van der Waals surface area contributed by atoms with Gasteiger partial charge in [-0.3, -0.25) is 64.3 Å². The van der Waals surface area contributed by atoms with E-state index in [0.29, 0.717) is 147 Å². The molecule has 144 heavy (non-hydrogen) atoms. The topological polar surface area (TPSA) is 236 Å². The van der Waals surface area contributed by atoms with Gasteiger partial charge in [-0.1, -0.05) is 106 Å². The van der Waals surface area contributed by atoms with Crippen molar-refractivity contribution < 1.29 is 77.7 Å². The molecule has 10 aromatic rings. The maximum Gasteiger partial charge on any atom is 0.258 e. The summed E-state index contributed by atoms with van der Waals surface area (Å²) < 4.78 is 15.2. The number of pyridine rings is 6. The Hall–Kier alpha value is -7.51. The van der Waals surface area contributed by atoms with Crippen LogP contribution in [0, 0.1) is 17.8 Å². The van der Waals surface area contributed by atoms with Crippen LogP contribution in [0.5, 0.6) is 0 Å². The Kier molecular flexibility index (Phi) is 35.7. The number of aromatic nitrogens is 6. The number of nitrogens with zero attached hydrogens (tertiary/aromatic N) is 15. The van der Waals surface area contributed by atoms with Gasteiger partial charge in [0.1, 0.15) is 32.2 Å². The standard InChI is InChI=1S/2C27H32Br2ClN4O3.C27H28Br2ClN3O2.C26H27BrCl2N4O2/c2*1-17(35)31-6-4-18(5-7-31)12-24(36)32-8-10-33(11-9-32)27-25-19(14-22(30)15-23(25)29)2-3-20-13-21(28)16-34(37)26(20)27;1-31-8-4-17(5-9-31)12-24(34)32-10-6-18(7-11-32)26-25-19(14-22(30)15-23(25)29)2-3-20-13-21(28)16-33(35)27(20)26;1-30-6-4-17(5-7-30)12-23(34)31-8-10-32(11-9-31)26-24-18(14-21(28)15-22(24)29)2-3-19-13-20(27)16-33(35)25(19)26/h2*13-16,18,27,37H,2-12H2,1H3;4-5,8-9,13-16,18,26,35H,2-3,6-7,10-12H2,1H3;4-7,13-16,26,35H,2-3,8-12H2,1H3/q2*+1;2*+2. The van der Waals surface area contributed by atoms with Crippen molar-refractivity contribution in [2.45, 2.75) is 153 Å². The van der Waals surface area contributed by atoms with Gasteiger partial charge in [-0.15, -0.1) is 0 Å².